The SMILES string of the molecule is CCCCC1OC(CCc2ccc(O)c(OC[C@H](O)[C+]3C=C4C(=N3)[C@@H]3C=C[C@]5(CCC[C@@H]5C35CCCC5)[C@@H]4CNC[C@H](C)O)c2)=C[C-]1CO. The van der Waals surface area contributed by atoms with E-state index in [1.807, 2.05) is 25.1 Å². The van der Waals surface area contributed by atoms with Crippen LogP contribution in [0.25, 0.3) is 0 Å². The van der Waals surface area contributed by atoms with Crippen LogP contribution in [0, 0.1) is 40.5 Å². The summed E-state index contributed by atoms with van der Waals surface area (Å²) < 4.78 is 12.2. The highest BCUT2D eigenvalue weighted by atomic mass is 16.5. The fourth-order valence-electron chi connectivity index (χ4n) is 10.4. The lowest BCUT2D eigenvalue weighted by Crippen LogP contribution is -2.48. The normalized spacial score (nSPS) is 30.5. The zero-order chi connectivity index (χ0) is 34.2. The maximum Gasteiger partial charge on any atom is 0.197 e. The molecule has 8 rings (SSSR count). The lowest BCUT2D eigenvalue weighted by atomic mass is 9.53. The number of phenols is 1. The Kier molecular flexibility index (Phi) is 10.1. The molecule has 0 saturated heterocycles. The van der Waals surface area contributed by atoms with E-state index >= 15 is 0 Å². The smallest absolute Gasteiger partial charge is 0.197 e. The molecule has 266 valence electrons. The van der Waals surface area contributed by atoms with Gasteiger partial charge < -0.3 is 35.2 Å². The number of nitrogens with zero attached hydrogens (tertiary/aromatic N) is 1. The highest BCUT2D eigenvalue weighted by molar-refractivity contribution is 6.07. The van der Waals surface area contributed by atoms with E-state index in [9.17, 15) is 20.4 Å². The van der Waals surface area contributed by atoms with Crippen LogP contribution in [0.2, 0.25) is 0 Å². The van der Waals surface area contributed by atoms with Crippen molar-refractivity contribution >= 4 is 5.71 Å². The standard InChI is InChI=1S/C41H56N2O6/c1-3-4-8-36-28(24-44)20-29(49-36)12-10-27-11-13-34(46)37(19-27)48-25-35(47)33-21-30-32(23-42-22-26(2)45)41-17-7-9-38(41)40(15-5-6-16-40)31(14-18-41)39(30)43-33/h11,13-14,18-21,26,31-32,35-36,38,42,44-47H,3-10,12,15-17,22-25H2,1-2H3/t26-,31-,32+,35-,36?,38+,41+/m0/s1. The van der Waals surface area contributed by atoms with Crippen LogP contribution in [0.1, 0.15) is 90.0 Å². The predicted molar refractivity (Wildman–Crippen MR) is 191 cm³/mol. The number of benzene rings is 1. The molecule has 0 radical (unpaired) electrons. The molecule has 1 unspecified atom stereocenters. The zero-order valence-electron chi connectivity index (χ0n) is 29.4. The molecule has 8 nitrogen and oxygen atoms in total. The Balaban J connectivity index is 1.05. The van der Waals surface area contributed by atoms with E-state index in [0.29, 0.717) is 37.1 Å². The van der Waals surface area contributed by atoms with Crippen LogP contribution in [0.4, 0.5) is 0 Å². The van der Waals surface area contributed by atoms with Crippen LogP contribution in [0.5, 0.6) is 11.5 Å². The number of aryl methyl sites for hydroxylation is 1. The summed E-state index contributed by atoms with van der Waals surface area (Å²) >= 11 is 0. The summed E-state index contributed by atoms with van der Waals surface area (Å²) in [5.74, 6) is 3.34. The molecule has 2 spiro atoms. The van der Waals surface area contributed by atoms with Crippen molar-refractivity contribution in [3.05, 3.63) is 71.4 Å². The average molecular weight is 673 g/mol. The third-order valence-electron chi connectivity index (χ3n) is 12.6. The number of aliphatic hydroxyl groups is 3. The molecule has 3 fully saturated rings. The van der Waals surface area contributed by atoms with Crippen LogP contribution in [0.15, 0.2) is 58.8 Å². The molecule has 8 heteroatoms. The molecule has 5 aliphatic carbocycles. The first-order chi connectivity index (χ1) is 23.8. The van der Waals surface area contributed by atoms with Crippen LogP contribution in [-0.4, -0.2) is 70.8 Å². The number of hydrogen-bond donors (Lipinski definition) is 5. The maximum atomic E-state index is 11.5. The summed E-state index contributed by atoms with van der Waals surface area (Å²) in [6, 6.07) is 6.01. The number of aliphatic hydroxyl groups excluding tert-OH is 3. The molecule has 1 aromatic carbocycles. The maximum absolute atomic E-state index is 11.5. The van der Waals surface area contributed by atoms with Gasteiger partial charge in [0.15, 0.2) is 29.4 Å². The van der Waals surface area contributed by atoms with Gasteiger partial charge in [-0.2, -0.15) is 12.0 Å². The first kappa shape index (κ1) is 34.5. The second-order valence-electron chi connectivity index (χ2n) is 15.6. The van der Waals surface area contributed by atoms with Gasteiger partial charge in [-0.1, -0.05) is 69.4 Å². The number of rotatable bonds is 15. The van der Waals surface area contributed by atoms with Gasteiger partial charge in [-0.15, -0.1) is 4.99 Å². The number of allylic oxidation sites excluding steroid dienone is 3. The monoisotopic (exact) mass is 672 g/mol. The Morgan fingerprint density at radius 1 is 1.16 bits per heavy atom. The summed E-state index contributed by atoms with van der Waals surface area (Å²) in [5.41, 5.74) is 3.69. The summed E-state index contributed by atoms with van der Waals surface area (Å²) in [4.78, 5) is 5.23. The molecular weight excluding hydrogens is 616 g/mol. The molecule has 7 atom stereocenters. The number of aromatic hydroxyl groups is 1. The minimum Gasteiger partial charge on any atom is -0.592 e. The third kappa shape index (κ3) is 6.43. The van der Waals surface area contributed by atoms with Gasteiger partial charge >= 0.3 is 0 Å². The number of nitrogens with one attached hydrogen (secondary N) is 1. The van der Waals surface area contributed by atoms with Crippen molar-refractivity contribution in [2.24, 2.45) is 33.6 Å². The molecule has 0 amide bonds. The van der Waals surface area contributed by atoms with Gasteiger partial charge in [-0.25, -0.2) is 0 Å². The molecule has 2 bridgehead atoms. The summed E-state index contributed by atoms with van der Waals surface area (Å²) in [7, 11) is 0. The van der Waals surface area contributed by atoms with Crippen molar-refractivity contribution in [1.82, 2.24) is 5.32 Å². The van der Waals surface area contributed by atoms with E-state index in [0.717, 1.165) is 48.8 Å². The van der Waals surface area contributed by atoms with Crippen molar-refractivity contribution in [1.29, 1.82) is 0 Å². The molecule has 0 aromatic heterocycles. The van der Waals surface area contributed by atoms with Crippen molar-refractivity contribution in [2.45, 2.75) is 109 Å². The van der Waals surface area contributed by atoms with Crippen LogP contribution < -0.4 is 10.1 Å². The topological polar surface area (TPSA) is 124 Å². The molecule has 2 aliphatic heterocycles. The Bertz CT molecular complexity index is 1460. The molecule has 1 aromatic rings. The Morgan fingerprint density at radius 2 is 2.00 bits per heavy atom. The van der Waals surface area contributed by atoms with E-state index in [1.165, 1.54) is 50.5 Å². The van der Waals surface area contributed by atoms with E-state index < -0.39 is 12.2 Å². The number of ether oxygens (including phenoxy) is 2. The average Bonchev–Trinajstić information content (AvgIpc) is 3.90. The first-order valence-corrected chi connectivity index (χ1v) is 19.0. The Hall–Kier alpha value is -2.91. The lowest BCUT2D eigenvalue weighted by molar-refractivity contribution is 0.0313. The molecule has 2 heterocycles. The van der Waals surface area contributed by atoms with Crippen molar-refractivity contribution in [2.75, 3.05) is 26.3 Å². The molecule has 49 heavy (non-hydrogen) atoms. The van der Waals surface area contributed by atoms with Crippen molar-refractivity contribution < 1.29 is 29.9 Å². The molecule has 7 aliphatic rings. The van der Waals surface area contributed by atoms with Crippen molar-refractivity contribution in [3.63, 3.8) is 0 Å². The highest BCUT2D eigenvalue weighted by Gasteiger charge is 2.68. The minimum absolute atomic E-state index is 0.0127. The number of hydrogen-bond acceptors (Lipinski definition) is 8. The van der Waals surface area contributed by atoms with Crippen LogP contribution in [0.3, 0.4) is 0 Å². The summed E-state index contributed by atoms with van der Waals surface area (Å²) in [6.07, 6.45) is 20.9. The predicted octanol–water partition coefficient (Wildman–Crippen LogP) is 6.15. The quantitative estimate of drug-likeness (QED) is 0.112. The third-order valence-corrected chi connectivity index (χ3v) is 12.6. The second kappa shape index (κ2) is 14.4. The minimum atomic E-state index is -0.940. The fourth-order valence-corrected chi connectivity index (χ4v) is 10.4. The number of phenolic OH excluding ortho intramolecular Hbond substituents is 1. The molecular formula is C41H56N2O6. The van der Waals surface area contributed by atoms with Crippen LogP contribution >= 0.6 is 0 Å². The van der Waals surface area contributed by atoms with Gasteiger partial charge in [0.1, 0.15) is 12.2 Å². The van der Waals surface area contributed by atoms with Gasteiger partial charge in [0.05, 0.1) is 24.0 Å². The lowest BCUT2D eigenvalue weighted by Gasteiger charge is -2.49. The second-order valence-corrected chi connectivity index (χ2v) is 15.6. The van der Waals surface area contributed by atoms with Crippen molar-refractivity contribution in [3.8, 4) is 11.5 Å². The van der Waals surface area contributed by atoms with Gasteiger partial charge in [0.25, 0.3) is 0 Å². The van der Waals surface area contributed by atoms with E-state index in [2.05, 4.69) is 30.5 Å². The van der Waals surface area contributed by atoms with E-state index in [4.69, 9.17) is 14.5 Å². The van der Waals surface area contributed by atoms with Crippen LogP contribution in [-0.2, 0) is 11.2 Å². The first-order valence-electron chi connectivity index (χ1n) is 19.0. The van der Waals surface area contributed by atoms with Gasteiger partial charge in [-0.3, -0.25) is 0 Å². The van der Waals surface area contributed by atoms with Gasteiger partial charge in [-0.05, 0) is 74.5 Å². The Labute approximate surface area is 292 Å². The van der Waals surface area contributed by atoms with Gasteiger partial charge in [0, 0.05) is 31.2 Å². The summed E-state index contributed by atoms with van der Waals surface area (Å²) in [5, 5.41) is 45.6. The number of aliphatic imine (C=N–C) groups is 1. The van der Waals surface area contributed by atoms with E-state index in [-0.39, 0.29) is 47.7 Å². The fraction of sp³-hybridized carbons (Fsp3) is 0.634. The largest absolute Gasteiger partial charge is 0.592 e. The Morgan fingerprint density at radius 3 is 2.78 bits per heavy atom. The number of unbranched alkanes of at least 4 members (excludes halogenated alkanes) is 1. The van der Waals surface area contributed by atoms with Gasteiger partial charge in [0.2, 0.25) is 0 Å². The highest BCUT2D eigenvalue weighted by Crippen LogP contribution is 2.70. The summed E-state index contributed by atoms with van der Waals surface area (Å²) in [6.45, 7) is 5.31. The van der Waals surface area contributed by atoms with E-state index in [1.54, 1.807) is 6.07 Å². The zero-order valence-corrected chi connectivity index (χ0v) is 29.4. The molecule has 3 saturated carbocycles. The molecule has 5 N–H and O–H groups in total.